The first kappa shape index (κ1) is 20.2. The summed E-state index contributed by atoms with van der Waals surface area (Å²) in [4.78, 5) is 23.9. The normalized spacial score (nSPS) is 18.5. The monoisotopic (exact) mass is 423 g/mol. The molecule has 5 rings (SSSR count). The minimum Gasteiger partial charge on any atom is -0.440 e. The highest BCUT2D eigenvalue weighted by Gasteiger charge is 2.35. The van der Waals surface area contributed by atoms with Crippen molar-refractivity contribution in [2.75, 3.05) is 6.54 Å². The maximum Gasteiger partial charge on any atom is 0.226 e. The molecule has 32 heavy (non-hydrogen) atoms. The highest BCUT2D eigenvalue weighted by Crippen LogP contribution is 2.41. The third kappa shape index (κ3) is 3.94. The quantitative estimate of drug-likeness (QED) is 0.412. The number of benzene rings is 2. The van der Waals surface area contributed by atoms with Gasteiger partial charge >= 0.3 is 0 Å². The lowest BCUT2D eigenvalue weighted by Gasteiger charge is -2.39. The SMILES string of the molecule is CC(=O)N1C[C@H](c2oc(-c3ccccc3)nc2-c2ccccn2)CC[C@@H]1c1ccccc1. The molecule has 0 spiro atoms. The zero-order chi connectivity index (χ0) is 21.9. The molecule has 0 aliphatic carbocycles. The van der Waals surface area contributed by atoms with Crippen LogP contribution in [0.1, 0.15) is 43.0 Å². The van der Waals surface area contributed by atoms with E-state index < -0.39 is 0 Å². The zero-order valence-electron chi connectivity index (χ0n) is 18.0. The van der Waals surface area contributed by atoms with Gasteiger partial charge in [-0.2, -0.15) is 0 Å². The van der Waals surface area contributed by atoms with Crippen molar-refractivity contribution in [3.05, 3.63) is 96.4 Å². The number of aromatic nitrogens is 2. The third-order valence-electron chi connectivity index (χ3n) is 6.12. The summed E-state index contributed by atoms with van der Waals surface area (Å²) in [6.45, 7) is 2.24. The molecule has 1 amide bonds. The van der Waals surface area contributed by atoms with Crippen molar-refractivity contribution in [3.8, 4) is 22.8 Å². The number of pyridine rings is 1. The molecule has 0 N–H and O–H groups in total. The van der Waals surface area contributed by atoms with Crippen LogP contribution in [0.5, 0.6) is 0 Å². The van der Waals surface area contributed by atoms with Crippen molar-refractivity contribution in [1.29, 1.82) is 0 Å². The van der Waals surface area contributed by atoms with Crippen molar-refractivity contribution in [3.63, 3.8) is 0 Å². The van der Waals surface area contributed by atoms with Gasteiger partial charge in [0.2, 0.25) is 11.8 Å². The van der Waals surface area contributed by atoms with Gasteiger partial charge in [-0.3, -0.25) is 9.78 Å². The Bertz CT molecular complexity index is 1190. The third-order valence-corrected chi connectivity index (χ3v) is 6.12. The molecular weight excluding hydrogens is 398 g/mol. The first-order valence-corrected chi connectivity index (χ1v) is 11.0. The number of likely N-dealkylation sites (tertiary alicyclic amines) is 1. The highest BCUT2D eigenvalue weighted by molar-refractivity contribution is 5.74. The van der Waals surface area contributed by atoms with Gasteiger partial charge in [0, 0.05) is 31.1 Å². The summed E-state index contributed by atoms with van der Waals surface area (Å²) >= 11 is 0. The standard InChI is InChI=1S/C27H25N3O2/c1-19(31)30-18-22(15-16-24(30)20-10-4-2-5-11-20)26-25(23-14-8-9-17-28-23)29-27(32-26)21-12-6-3-7-13-21/h2-14,17,22,24H,15-16,18H2,1H3/t22-,24-/m1/s1. The first-order valence-electron chi connectivity index (χ1n) is 11.0. The second-order valence-electron chi connectivity index (χ2n) is 8.19. The number of nitrogens with zero attached hydrogens (tertiary/aromatic N) is 3. The van der Waals surface area contributed by atoms with Crippen LogP contribution < -0.4 is 0 Å². The molecule has 3 heterocycles. The van der Waals surface area contributed by atoms with E-state index >= 15 is 0 Å². The van der Waals surface area contributed by atoms with Crippen LogP contribution in [0, 0.1) is 0 Å². The van der Waals surface area contributed by atoms with Crippen LogP contribution in [-0.2, 0) is 4.79 Å². The number of rotatable bonds is 4. The van der Waals surface area contributed by atoms with Crippen molar-refractivity contribution >= 4 is 5.91 Å². The van der Waals surface area contributed by atoms with Crippen LogP contribution in [-0.4, -0.2) is 27.3 Å². The Morgan fingerprint density at radius 2 is 1.66 bits per heavy atom. The van der Waals surface area contributed by atoms with E-state index in [-0.39, 0.29) is 17.9 Å². The fourth-order valence-electron chi connectivity index (χ4n) is 4.55. The number of carbonyl (C=O) groups is 1. The maximum atomic E-state index is 12.6. The molecule has 1 saturated heterocycles. The van der Waals surface area contributed by atoms with E-state index in [0.29, 0.717) is 12.4 Å². The fourth-order valence-corrected chi connectivity index (χ4v) is 4.55. The number of carbonyl (C=O) groups excluding carboxylic acids is 1. The van der Waals surface area contributed by atoms with E-state index in [9.17, 15) is 4.79 Å². The van der Waals surface area contributed by atoms with Gasteiger partial charge in [0.05, 0.1) is 11.7 Å². The van der Waals surface area contributed by atoms with E-state index in [1.54, 1.807) is 13.1 Å². The molecule has 2 atom stereocenters. The Hall–Kier alpha value is -3.73. The van der Waals surface area contributed by atoms with Crippen LogP contribution >= 0.6 is 0 Å². The summed E-state index contributed by atoms with van der Waals surface area (Å²) in [7, 11) is 0. The van der Waals surface area contributed by atoms with E-state index in [4.69, 9.17) is 9.40 Å². The molecule has 4 aromatic rings. The Morgan fingerprint density at radius 3 is 2.34 bits per heavy atom. The number of oxazole rings is 1. The van der Waals surface area contributed by atoms with Gasteiger partial charge in [-0.25, -0.2) is 4.98 Å². The fraction of sp³-hybridized carbons (Fsp3) is 0.222. The molecule has 0 bridgehead atoms. The lowest BCUT2D eigenvalue weighted by atomic mass is 9.86. The average Bonchev–Trinajstić information content (AvgIpc) is 3.31. The van der Waals surface area contributed by atoms with E-state index in [1.807, 2.05) is 71.6 Å². The van der Waals surface area contributed by atoms with E-state index in [2.05, 4.69) is 17.1 Å². The van der Waals surface area contributed by atoms with Crippen LogP contribution in [0.25, 0.3) is 22.8 Å². The molecule has 0 unspecified atom stereocenters. The molecule has 2 aromatic carbocycles. The summed E-state index contributed by atoms with van der Waals surface area (Å²) in [5.74, 6) is 1.52. The molecule has 0 radical (unpaired) electrons. The van der Waals surface area contributed by atoms with Crippen LogP contribution in [0.2, 0.25) is 0 Å². The molecule has 160 valence electrons. The highest BCUT2D eigenvalue weighted by atomic mass is 16.4. The minimum atomic E-state index is 0.0563. The van der Waals surface area contributed by atoms with Gasteiger partial charge in [0.1, 0.15) is 11.5 Å². The van der Waals surface area contributed by atoms with Gasteiger partial charge in [0.15, 0.2) is 0 Å². The van der Waals surface area contributed by atoms with Crippen molar-refractivity contribution < 1.29 is 9.21 Å². The second-order valence-corrected chi connectivity index (χ2v) is 8.19. The zero-order valence-corrected chi connectivity index (χ0v) is 18.0. The van der Waals surface area contributed by atoms with Gasteiger partial charge in [-0.1, -0.05) is 54.6 Å². The van der Waals surface area contributed by atoms with Crippen molar-refractivity contribution in [1.82, 2.24) is 14.9 Å². The largest absolute Gasteiger partial charge is 0.440 e. The Kier molecular flexibility index (Phi) is 5.55. The van der Waals surface area contributed by atoms with Crippen LogP contribution in [0.15, 0.2) is 89.5 Å². The lowest BCUT2D eigenvalue weighted by molar-refractivity contribution is -0.133. The second kappa shape index (κ2) is 8.79. The van der Waals surface area contributed by atoms with E-state index in [0.717, 1.165) is 35.6 Å². The first-order chi connectivity index (χ1) is 15.7. The Balaban J connectivity index is 1.52. The summed E-state index contributed by atoms with van der Waals surface area (Å²) in [6, 6.07) is 26.1. The van der Waals surface area contributed by atoms with Gasteiger partial charge in [-0.15, -0.1) is 0 Å². The molecule has 2 aromatic heterocycles. The Morgan fingerprint density at radius 1 is 0.938 bits per heavy atom. The number of hydrogen-bond donors (Lipinski definition) is 0. The molecule has 1 aliphatic heterocycles. The molecule has 1 aliphatic rings. The number of piperidine rings is 1. The van der Waals surface area contributed by atoms with Crippen LogP contribution in [0.4, 0.5) is 0 Å². The summed E-state index contributed by atoms with van der Waals surface area (Å²) < 4.78 is 6.37. The molecular formula is C27H25N3O2. The predicted molar refractivity (Wildman–Crippen MR) is 124 cm³/mol. The van der Waals surface area contributed by atoms with Gasteiger partial charge in [0.25, 0.3) is 0 Å². The van der Waals surface area contributed by atoms with Gasteiger partial charge in [-0.05, 0) is 42.7 Å². The van der Waals surface area contributed by atoms with E-state index in [1.165, 1.54) is 5.56 Å². The molecule has 0 saturated carbocycles. The molecule has 5 heteroatoms. The number of hydrogen-bond acceptors (Lipinski definition) is 4. The van der Waals surface area contributed by atoms with Crippen LogP contribution in [0.3, 0.4) is 0 Å². The summed E-state index contributed by atoms with van der Waals surface area (Å²) in [5.41, 5.74) is 3.65. The summed E-state index contributed by atoms with van der Waals surface area (Å²) in [6.07, 6.45) is 3.55. The predicted octanol–water partition coefficient (Wildman–Crippen LogP) is 5.87. The minimum absolute atomic E-state index is 0.0563. The Labute approximate surface area is 187 Å². The van der Waals surface area contributed by atoms with Gasteiger partial charge < -0.3 is 9.32 Å². The number of amides is 1. The smallest absolute Gasteiger partial charge is 0.226 e. The average molecular weight is 424 g/mol. The summed E-state index contributed by atoms with van der Waals surface area (Å²) in [5, 5.41) is 0. The van der Waals surface area contributed by atoms with Crippen molar-refractivity contribution in [2.24, 2.45) is 0 Å². The van der Waals surface area contributed by atoms with Crippen molar-refractivity contribution in [2.45, 2.75) is 31.7 Å². The lowest BCUT2D eigenvalue weighted by Crippen LogP contribution is -2.40. The topological polar surface area (TPSA) is 59.2 Å². The maximum absolute atomic E-state index is 12.6. The molecule has 5 nitrogen and oxygen atoms in total. The molecule has 1 fully saturated rings.